The molecule has 0 N–H and O–H groups in total. The van der Waals surface area contributed by atoms with Gasteiger partial charge in [-0.05, 0) is 28.6 Å². The van der Waals surface area contributed by atoms with Crippen LogP contribution in [0.3, 0.4) is 0 Å². The summed E-state index contributed by atoms with van der Waals surface area (Å²) in [5.41, 5.74) is 9.49. The zero-order valence-corrected chi connectivity index (χ0v) is 42.2. The van der Waals surface area contributed by atoms with Gasteiger partial charge < -0.3 is 31.2 Å². The quantitative estimate of drug-likeness (QED) is 0.179. The molecule has 0 heterocycles. The molecule has 4 aromatic carbocycles. The molecule has 3 heteroatoms. The van der Waals surface area contributed by atoms with E-state index in [2.05, 4.69) is 257 Å². The van der Waals surface area contributed by atoms with Crippen LogP contribution in [-0.4, -0.2) is 7.42 Å². The van der Waals surface area contributed by atoms with Crippen LogP contribution in [0.25, 0.3) is 22.3 Å². The van der Waals surface area contributed by atoms with Gasteiger partial charge in [0.25, 0.3) is 0 Å². The van der Waals surface area contributed by atoms with Crippen LogP contribution in [0.15, 0.2) is 200 Å². The molecule has 10 rings (SSSR count). The smallest absolute Gasteiger partial charge is 1.00 e. The molecule has 0 spiro atoms. The summed E-state index contributed by atoms with van der Waals surface area (Å²) in [7, 11) is 0. The number of hydrogen-bond donors (Lipinski definition) is 0. The van der Waals surface area contributed by atoms with Crippen LogP contribution in [-0.2, 0) is 22.3 Å². The Labute approximate surface area is 402 Å². The summed E-state index contributed by atoms with van der Waals surface area (Å²) in [5.74, 6) is 0.460. The maximum absolute atomic E-state index is 2.99. The average Bonchev–Trinajstić information content (AvgIpc) is 3.94. The van der Waals surface area contributed by atoms with Crippen LogP contribution in [0.5, 0.6) is 0 Å². The van der Waals surface area contributed by atoms with Crippen molar-refractivity contribution in [3.8, 4) is 22.3 Å². The molecule has 2 saturated carbocycles. The largest absolute Gasteiger partial charge is 1.00 e. The number of fused-ring (bicyclic) bond motifs is 8. The van der Waals surface area contributed by atoms with Gasteiger partial charge in [0, 0.05) is 10.8 Å². The van der Waals surface area contributed by atoms with Crippen LogP contribution in [0, 0.1) is 56.3 Å². The van der Waals surface area contributed by atoms with E-state index >= 15 is 0 Å². The molecule has 2 fully saturated rings. The van der Waals surface area contributed by atoms with Gasteiger partial charge >= 0.3 is 172 Å². The van der Waals surface area contributed by atoms with Crippen molar-refractivity contribution < 1.29 is 47.1 Å². The van der Waals surface area contributed by atoms with E-state index in [-0.39, 0.29) is 62.7 Å². The second-order valence-electron chi connectivity index (χ2n) is 19.1. The molecular weight excluding hydrogens is 883 g/mol. The number of halogens is 2. The summed E-state index contributed by atoms with van der Waals surface area (Å²) in [6.45, 7) is 20.3. The molecule has 0 nitrogen and oxygen atoms in total. The molecule has 324 valence electrons. The maximum atomic E-state index is 2.99. The second kappa shape index (κ2) is 18.8. The first kappa shape index (κ1) is 48.5. The summed E-state index contributed by atoms with van der Waals surface area (Å²) in [4.78, 5) is 0. The van der Waals surface area contributed by atoms with E-state index in [0.717, 1.165) is 6.42 Å². The Bertz CT molecular complexity index is 2470. The molecule has 0 bridgehead atoms. The summed E-state index contributed by atoms with van der Waals surface area (Å²) in [6.07, 6.45) is 39.3. The van der Waals surface area contributed by atoms with E-state index < -0.39 is 22.3 Å². The molecule has 0 aliphatic heterocycles. The summed E-state index contributed by atoms with van der Waals surface area (Å²) in [5, 5.41) is 0. The van der Waals surface area contributed by atoms with Crippen LogP contribution < -0.4 is 24.8 Å². The average molecular weight is 945 g/mol. The zero-order chi connectivity index (χ0) is 43.0. The van der Waals surface area contributed by atoms with E-state index in [9.17, 15) is 0 Å². The molecule has 63 heavy (non-hydrogen) atoms. The molecular formula is C60H62Cl2Zr-4. The van der Waals surface area contributed by atoms with Crippen molar-refractivity contribution in [2.45, 2.75) is 61.8 Å². The Kier molecular flexibility index (Phi) is 14.5. The van der Waals surface area contributed by atoms with Crippen molar-refractivity contribution in [2.24, 2.45) is 43.8 Å². The summed E-state index contributed by atoms with van der Waals surface area (Å²) in [6, 6.07) is 38.9. The molecule has 0 amide bonds. The minimum atomic E-state index is -0.679. The van der Waals surface area contributed by atoms with Crippen LogP contribution in [0.1, 0.15) is 72.9 Å². The SMILES string of the molecule is CC1=CC=CC2[CH-]C3(C)C4(C)C=CC=CC4(C)C4(C)C=CC=CC4(C)C3(C)C12C.[C-]1=CC=CC1.[CH](=[Zr]=[CH]c1ccc(-c2ccccc2)cc1)c1ccc(-c2ccccc2)cc1.[Cl-].[Cl-]. The third-order valence-corrected chi connectivity index (χ3v) is 19.6. The van der Waals surface area contributed by atoms with Crippen molar-refractivity contribution in [3.05, 3.63) is 223 Å². The fourth-order valence-corrected chi connectivity index (χ4v) is 14.7. The van der Waals surface area contributed by atoms with Gasteiger partial charge in [0.1, 0.15) is 0 Å². The molecule has 0 radical (unpaired) electrons. The Morgan fingerprint density at radius 2 is 0.984 bits per heavy atom. The van der Waals surface area contributed by atoms with Gasteiger partial charge in [-0.25, -0.2) is 12.2 Å². The minimum absolute atomic E-state index is 0. The number of benzene rings is 4. The normalized spacial score (nSPS) is 32.9. The molecule has 0 saturated heterocycles. The van der Waals surface area contributed by atoms with Gasteiger partial charge in [0.2, 0.25) is 0 Å². The van der Waals surface area contributed by atoms with E-state index in [4.69, 9.17) is 0 Å². The van der Waals surface area contributed by atoms with Crippen molar-refractivity contribution in [2.75, 3.05) is 0 Å². The van der Waals surface area contributed by atoms with Crippen LogP contribution in [0.4, 0.5) is 0 Å². The third-order valence-electron chi connectivity index (χ3n) is 17.2. The van der Waals surface area contributed by atoms with Gasteiger partial charge in [-0.15, -0.1) is 23.8 Å². The predicted molar refractivity (Wildman–Crippen MR) is 260 cm³/mol. The van der Waals surface area contributed by atoms with Crippen LogP contribution >= 0.6 is 0 Å². The fraction of sp³-hybridized carbons (Fsp3) is 0.283. The van der Waals surface area contributed by atoms with Crippen LogP contribution in [0.2, 0.25) is 0 Å². The van der Waals surface area contributed by atoms with Crippen molar-refractivity contribution in [3.63, 3.8) is 0 Å². The van der Waals surface area contributed by atoms with Gasteiger partial charge in [-0.2, -0.15) is 6.08 Å². The van der Waals surface area contributed by atoms with E-state index in [1.807, 2.05) is 12.2 Å². The second-order valence-corrected chi connectivity index (χ2v) is 21.4. The first-order valence-electron chi connectivity index (χ1n) is 22.2. The molecule has 8 atom stereocenters. The number of allylic oxidation sites excluding steroid dienone is 16. The standard InChI is InChI=1S/C29H37.2C13H10.C5H5.2ClH.Zr/c1-21-14-13-15-22-20-27(6)25(4)18-10-9-16-23(25,2)24(3)17-11-12-19-26(24,5)29(27,8)28(21,22)7;2*1-11-7-9-13(10-8-11)12-5-3-2-4-6-12;1-2-4-5-3-1;;;/h9-20,22H,1-8H3;2*1-10H;1-3H,4H2;2*1H;/q-1;;;-1;;;/p-2. The van der Waals surface area contributed by atoms with E-state index in [0.29, 0.717) is 5.92 Å². The minimum Gasteiger partial charge on any atom is -1.00 e. The van der Waals surface area contributed by atoms with Crippen molar-refractivity contribution in [1.29, 1.82) is 0 Å². The van der Waals surface area contributed by atoms with Crippen molar-refractivity contribution >= 4 is 7.42 Å². The first-order valence-corrected chi connectivity index (χ1v) is 25.0. The van der Waals surface area contributed by atoms with E-state index in [1.54, 1.807) is 0 Å². The number of rotatable bonds is 4. The maximum Gasteiger partial charge on any atom is -1.00 e. The van der Waals surface area contributed by atoms with E-state index in [1.165, 1.54) is 39.0 Å². The topological polar surface area (TPSA) is 0 Å². The monoisotopic (exact) mass is 942 g/mol. The Morgan fingerprint density at radius 3 is 1.43 bits per heavy atom. The summed E-state index contributed by atoms with van der Waals surface area (Å²) >= 11 is -0.679. The number of hydrogen-bond acceptors (Lipinski definition) is 0. The summed E-state index contributed by atoms with van der Waals surface area (Å²) < 4.78 is 4.87. The van der Waals surface area contributed by atoms with Gasteiger partial charge in [-0.3, -0.25) is 6.08 Å². The van der Waals surface area contributed by atoms with Gasteiger partial charge in [-0.1, -0.05) is 115 Å². The third kappa shape index (κ3) is 7.57. The molecule has 8 unspecified atom stereocenters. The Hall–Kier alpha value is -4.00. The van der Waals surface area contributed by atoms with Crippen molar-refractivity contribution in [1.82, 2.24) is 0 Å². The Balaban J connectivity index is 0.000000184. The molecule has 6 aliphatic rings. The zero-order valence-electron chi connectivity index (χ0n) is 38.2. The molecule has 6 aliphatic carbocycles. The first-order chi connectivity index (χ1) is 29.3. The Morgan fingerprint density at radius 1 is 0.540 bits per heavy atom. The fourth-order valence-electron chi connectivity index (χ4n) is 12.6. The molecule has 4 aromatic rings. The molecule has 0 aromatic heterocycles. The predicted octanol–water partition coefficient (Wildman–Crippen LogP) is 9.06. The van der Waals surface area contributed by atoms with Gasteiger partial charge in [0.05, 0.1) is 0 Å². The van der Waals surface area contributed by atoms with Gasteiger partial charge in [0.15, 0.2) is 0 Å².